The molecule has 1 unspecified atom stereocenters. The first kappa shape index (κ1) is 12.5. The second kappa shape index (κ2) is 5.47. The zero-order valence-electron chi connectivity index (χ0n) is 9.77. The van der Waals surface area contributed by atoms with Crippen LogP contribution in [0.25, 0.3) is 0 Å². The Morgan fingerprint density at radius 2 is 2.13 bits per heavy atom. The molecule has 0 aromatic rings. The third-order valence-electron chi connectivity index (χ3n) is 2.60. The third-order valence-corrected chi connectivity index (χ3v) is 2.60. The lowest BCUT2D eigenvalue weighted by molar-refractivity contribution is -0.146. The topological polar surface area (TPSA) is 49.8 Å². The van der Waals surface area contributed by atoms with Crippen molar-refractivity contribution in [1.82, 2.24) is 4.90 Å². The summed E-state index contributed by atoms with van der Waals surface area (Å²) in [6.45, 7) is 5.34. The lowest BCUT2D eigenvalue weighted by Gasteiger charge is -2.29. The number of hydrogen-bond acceptors (Lipinski definition) is 3. The Kier molecular flexibility index (Phi) is 4.54. The molecule has 0 bridgehead atoms. The number of hydrogen-bond donors (Lipinski definition) is 1. The van der Waals surface area contributed by atoms with E-state index in [1.165, 1.54) is 0 Å². The molecule has 0 heterocycles. The minimum atomic E-state index is -0.774. The molecule has 15 heavy (non-hydrogen) atoms. The van der Waals surface area contributed by atoms with Crippen molar-refractivity contribution in [3.63, 3.8) is 0 Å². The highest BCUT2D eigenvalue weighted by Gasteiger charge is 2.37. The number of carbonyl (C=O) groups is 1. The van der Waals surface area contributed by atoms with Crippen LogP contribution >= 0.6 is 0 Å². The van der Waals surface area contributed by atoms with Crippen LogP contribution in [0.3, 0.4) is 0 Å². The van der Waals surface area contributed by atoms with E-state index in [0.29, 0.717) is 12.0 Å². The van der Waals surface area contributed by atoms with E-state index in [1.54, 1.807) is 7.11 Å². The van der Waals surface area contributed by atoms with Gasteiger partial charge in [0.25, 0.3) is 0 Å². The van der Waals surface area contributed by atoms with E-state index in [0.717, 1.165) is 19.4 Å². The van der Waals surface area contributed by atoms with Crippen LogP contribution < -0.4 is 0 Å². The Labute approximate surface area is 91.2 Å². The maximum absolute atomic E-state index is 11.1. The number of nitrogens with zero attached hydrogens (tertiary/aromatic N) is 1. The summed E-state index contributed by atoms with van der Waals surface area (Å²) in [7, 11) is 1.55. The van der Waals surface area contributed by atoms with Gasteiger partial charge in [0.15, 0.2) is 0 Å². The largest absolute Gasteiger partial charge is 0.480 e. The molecule has 0 saturated heterocycles. The van der Waals surface area contributed by atoms with Crippen molar-refractivity contribution in [2.24, 2.45) is 5.92 Å². The molecule has 4 nitrogen and oxygen atoms in total. The summed E-state index contributed by atoms with van der Waals surface area (Å²) >= 11 is 0. The first-order chi connectivity index (χ1) is 7.06. The zero-order valence-corrected chi connectivity index (χ0v) is 9.77. The molecule has 1 N–H and O–H groups in total. The van der Waals surface area contributed by atoms with E-state index >= 15 is 0 Å². The normalized spacial score (nSPS) is 18.5. The van der Waals surface area contributed by atoms with E-state index < -0.39 is 12.0 Å². The Hall–Kier alpha value is -0.610. The fourth-order valence-electron chi connectivity index (χ4n) is 1.83. The molecule has 1 aliphatic carbocycles. The third kappa shape index (κ3) is 3.80. The van der Waals surface area contributed by atoms with Gasteiger partial charge in [-0.3, -0.25) is 9.69 Å². The molecule has 88 valence electrons. The first-order valence-electron chi connectivity index (χ1n) is 5.53. The van der Waals surface area contributed by atoms with Crippen molar-refractivity contribution in [2.75, 3.05) is 20.3 Å². The Bertz CT molecular complexity index is 214. The number of rotatable bonds is 7. The first-order valence-corrected chi connectivity index (χ1v) is 5.53. The summed E-state index contributed by atoms with van der Waals surface area (Å²) in [6, 6.07) is -0.0199. The van der Waals surface area contributed by atoms with Gasteiger partial charge in [-0.2, -0.15) is 0 Å². The van der Waals surface area contributed by atoms with Crippen LogP contribution in [0.15, 0.2) is 0 Å². The van der Waals surface area contributed by atoms with E-state index in [2.05, 4.69) is 18.7 Å². The smallest absolute Gasteiger partial charge is 0.323 e. The summed E-state index contributed by atoms with van der Waals surface area (Å²) < 4.78 is 4.98. The van der Waals surface area contributed by atoms with Crippen molar-refractivity contribution >= 4 is 5.97 Å². The Morgan fingerprint density at radius 1 is 1.53 bits per heavy atom. The SMILES string of the molecule is COCC(C(=O)O)N(CC(C)C)C1CC1. The second-order valence-electron chi connectivity index (χ2n) is 4.63. The molecule has 0 radical (unpaired) electrons. The van der Waals surface area contributed by atoms with Crippen molar-refractivity contribution in [2.45, 2.75) is 38.8 Å². The highest BCUT2D eigenvalue weighted by Crippen LogP contribution is 2.29. The van der Waals surface area contributed by atoms with Crippen molar-refractivity contribution in [1.29, 1.82) is 0 Å². The highest BCUT2D eigenvalue weighted by atomic mass is 16.5. The standard InChI is InChI=1S/C11H21NO3/c1-8(2)6-12(9-4-5-9)10(7-15-3)11(13)14/h8-10H,4-7H2,1-3H3,(H,13,14). The molecule has 0 amide bonds. The fraction of sp³-hybridized carbons (Fsp3) is 0.909. The molecule has 1 saturated carbocycles. The molecule has 0 aromatic heterocycles. The van der Waals surface area contributed by atoms with Gasteiger partial charge < -0.3 is 9.84 Å². The molecule has 1 rings (SSSR count). The van der Waals surface area contributed by atoms with E-state index in [4.69, 9.17) is 9.84 Å². The number of carboxylic acid groups (broad SMARTS) is 1. The number of aliphatic carboxylic acids is 1. The van der Waals surface area contributed by atoms with E-state index in [-0.39, 0.29) is 6.61 Å². The van der Waals surface area contributed by atoms with Crippen molar-refractivity contribution < 1.29 is 14.6 Å². The van der Waals surface area contributed by atoms with Gasteiger partial charge in [0, 0.05) is 19.7 Å². The molecule has 0 aliphatic heterocycles. The lowest BCUT2D eigenvalue weighted by Crippen LogP contribution is -2.47. The molecule has 1 aliphatic rings. The molecular weight excluding hydrogens is 194 g/mol. The highest BCUT2D eigenvalue weighted by molar-refractivity contribution is 5.73. The minimum Gasteiger partial charge on any atom is -0.480 e. The quantitative estimate of drug-likeness (QED) is 0.693. The van der Waals surface area contributed by atoms with Gasteiger partial charge in [0.2, 0.25) is 0 Å². The van der Waals surface area contributed by atoms with Crippen LogP contribution in [0.1, 0.15) is 26.7 Å². The maximum Gasteiger partial charge on any atom is 0.323 e. The summed E-state index contributed by atoms with van der Waals surface area (Å²) in [5.41, 5.74) is 0. The van der Waals surface area contributed by atoms with Crippen LogP contribution in [0, 0.1) is 5.92 Å². The Balaban J connectivity index is 2.61. The number of carboxylic acids is 1. The summed E-state index contributed by atoms with van der Waals surface area (Å²) in [6.07, 6.45) is 2.25. The lowest BCUT2D eigenvalue weighted by atomic mass is 10.1. The van der Waals surface area contributed by atoms with Gasteiger partial charge in [0.05, 0.1) is 6.61 Å². The zero-order chi connectivity index (χ0) is 11.4. The fourth-order valence-corrected chi connectivity index (χ4v) is 1.83. The van der Waals surface area contributed by atoms with Crippen molar-refractivity contribution in [3.05, 3.63) is 0 Å². The van der Waals surface area contributed by atoms with Crippen LogP contribution in [0.2, 0.25) is 0 Å². The molecular formula is C11H21NO3. The van der Waals surface area contributed by atoms with Crippen LogP contribution in [0.5, 0.6) is 0 Å². The molecule has 0 spiro atoms. The molecule has 4 heteroatoms. The van der Waals surface area contributed by atoms with Gasteiger partial charge in [-0.1, -0.05) is 13.8 Å². The summed E-state index contributed by atoms with van der Waals surface area (Å²) in [4.78, 5) is 13.2. The average molecular weight is 215 g/mol. The molecule has 1 fully saturated rings. The van der Waals surface area contributed by atoms with E-state index in [1.807, 2.05) is 0 Å². The predicted octanol–water partition coefficient (Wildman–Crippen LogP) is 1.21. The van der Waals surface area contributed by atoms with E-state index in [9.17, 15) is 4.79 Å². The van der Waals surface area contributed by atoms with Gasteiger partial charge in [0.1, 0.15) is 6.04 Å². The van der Waals surface area contributed by atoms with Crippen LogP contribution in [0.4, 0.5) is 0 Å². The number of ether oxygens (including phenoxy) is 1. The monoisotopic (exact) mass is 215 g/mol. The van der Waals surface area contributed by atoms with Gasteiger partial charge in [-0.25, -0.2) is 0 Å². The van der Waals surface area contributed by atoms with Gasteiger partial charge in [-0.15, -0.1) is 0 Å². The maximum atomic E-state index is 11.1. The van der Waals surface area contributed by atoms with Crippen LogP contribution in [-0.2, 0) is 9.53 Å². The molecule has 1 atom stereocenters. The van der Waals surface area contributed by atoms with Crippen LogP contribution in [-0.4, -0.2) is 48.3 Å². The van der Waals surface area contributed by atoms with Gasteiger partial charge >= 0.3 is 5.97 Å². The number of methoxy groups -OCH3 is 1. The summed E-state index contributed by atoms with van der Waals surface area (Å²) in [5.74, 6) is -0.284. The Morgan fingerprint density at radius 3 is 2.47 bits per heavy atom. The average Bonchev–Trinajstić information content (AvgIpc) is 2.93. The minimum absolute atomic E-state index is 0.276. The molecule has 0 aromatic carbocycles. The van der Waals surface area contributed by atoms with Gasteiger partial charge in [-0.05, 0) is 18.8 Å². The van der Waals surface area contributed by atoms with Crippen molar-refractivity contribution in [3.8, 4) is 0 Å². The second-order valence-corrected chi connectivity index (χ2v) is 4.63. The summed E-state index contributed by atoms with van der Waals surface area (Å²) in [5, 5.41) is 9.14. The predicted molar refractivity (Wildman–Crippen MR) is 57.9 cm³/mol.